The van der Waals surface area contributed by atoms with Crippen LogP contribution in [-0.2, 0) is 0 Å². The van der Waals surface area contributed by atoms with E-state index in [4.69, 9.17) is 0 Å². The van der Waals surface area contributed by atoms with Gasteiger partial charge in [-0.15, -0.1) is 0 Å². The molecule has 0 N–H and O–H groups in total. The summed E-state index contributed by atoms with van der Waals surface area (Å²) in [6, 6.07) is 2.34. The molecule has 128 valence electrons. The zero-order chi connectivity index (χ0) is 17.0. The summed E-state index contributed by atoms with van der Waals surface area (Å²) in [7, 11) is 0. The quantitative estimate of drug-likeness (QED) is 0.610. The number of alkyl halides is 3. The molecule has 0 heterocycles. The molecular weight excluding hydrogens is 315 g/mol. The van der Waals surface area contributed by atoms with Crippen molar-refractivity contribution in [3.63, 3.8) is 0 Å². The maximum absolute atomic E-state index is 14.1. The summed E-state index contributed by atoms with van der Waals surface area (Å²) in [6.45, 7) is 0.456. The topological polar surface area (TPSA) is 9.23 Å². The largest absolute Gasteiger partial charge is 0.481 e. The maximum Gasteiger partial charge on any atom is 0.422 e. The molecule has 1 nitrogen and oxygen atoms in total. The van der Waals surface area contributed by atoms with Crippen LogP contribution in [0, 0.1) is 17.6 Å². The molecule has 0 spiro atoms. The van der Waals surface area contributed by atoms with Gasteiger partial charge in [0.1, 0.15) is 0 Å². The molecule has 23 heavy (non-hydrogen) atoms. The SMILES string of the molecule is CCCC1CC=C(c2ccc(OCC(F)(F)F)c(F)c2F)CC1. The molecular formula is C17H19F5O. The molecule has 1 aliphatic carbocycles. The zero-order valence-corrected chi connectivity index (χ0v) is 12.9. The lowest BCUT2D eigenvalue weighted by atomic mass is 9.84. The van der Waals surface area contributed by atoms with Crippen molar-refractivity contribution < 1.29 is 26.7 Å². The fourth-order valence-corrected chi connectivity index (χ4v) is 2.85. The molecule has 1 unspecified atom stereocenters. The third kappa shape index (κ3) is 4.69. The number of hydrogen-bond donors (Lipinski definition) is 0. The van der Waals surface area contributed by atoms with Crippen molar-refractivity contribution in [2.24, 2.45) is 5.92 Å². The van der Waals surface area contributed by atoms with Gasteiger partial charge >= 0.3 is 6.18 Å². The van der Waals surface area contributed by atoms with Crippen molar-refractivity contribution in [2.75, 3.05) is 6.61 Å². The fourth-order valence-electron chi connectivity index (χ4n) is 2.85. The number of rotatable bonds is 5. The Morgan fingerprint density at radius 2 is 1.91 bits per heavy atom. The molecule has 0 saturated heterocycles. The van der Waals surface area contributed by atoms with Crippen LogP contribution in [0.3, 0.4) is 0 Å². The first-order valence-electron chi connectivity index (χ1n) is 7.68. The Kier molecular flexibility index (Phi) is 5.65. The average molecular weight is 334 g/mol. The summed E-state index contributed by atoms with van der Waals surface area (Å²) in [6.07, 6.45) is 1.86. The molecule has 1 atom stereocenters. The molecule has 0 radical (unpaired) electrons. The van der Waals surface area contributed by atoms with Gasteiger partial charge in [-0.25, -0.2) is 4.39 Å². The van der Waals surface area contributed by atoms with Gasteiger partial charge in [0.15, 0.2) is 18.2 Å². The Labute approximate surface area is 132 Å². The molecule has 2 rings (SSSR count). The lowest BCUT2D eigenvalue weighted by molar-refractivity contribution is -0.153. The molecule has 1 aromatic carbocycles. The Hall–Kier alpha value is -1.59. The predicted octanol–water partition coefficient (Wildman–Crippen LogP) is 5.89. The summed E-state index contributed by atoms with van der Waals surface area (Å²) < 4.78 is 68.6. The second-order valence-corrected chi connectivity index (χ2v) is 5.80. The smallest absolute Gasteiger partial charge is 0.422 e. The van der Waals surface area contributed by atoms with Crippen LogP contribution in [0.25, 0.3) is 5.57 Å². The van der Waals surface area contributed by atoms with Gasteiger partial charge in [0, 0.05) is 5.56 Å². The molecule has 0 aromatic heterocycles. The van der Waals surface area contributed by atoms with Crippen molar-refractivity contribution in [3.8, 4) is 5.75 Å². The number of benzene rings is 1. The highest BCUT2D eigenvalue weighted by Crippen LogP contribution is 2.35. The predicted molar refractivity (Wildman–Crippen MR) is 78.1 cm³/mol. The lowest BCUT2D eigenvalue weighted by Gasteiger charge is -2.22. The van der Waals surface area contributed by atoms with Gasteiger partial charge < -0.3 is 4.74 Å². The number of halogens is 5. The fraction of sp³-hybridized carbons (Fsp3) is 0.529. The second-order valence-electron chi connectivity index (χ2n) is 5.80. The second kappa shape index (κ2) is 7.32. The van der Waals surface area contributed by atoms with Gasteiger partial charge in [0.2, 0.25) is 5.82 Å². The highest BCUT2D eigenvalue weighted by Gasteiger charge is 2.29. The summed E-state index contributed by atoms with van der Waals surface area (Å²) >= 11 is 0. The Balaban J connectivity index is 2.14. The van der Waals surface area contributed by atoms with E-state index in [1.54, 1.807) is 0 Å². The van der Waals surface area contributed by atoms with Crippen LogP contribution in [0.15, 0.2) is 18.2 Å². The summed E-state index contributed by atoms with van der Waals surface area (Å²) in [5.41, 5.74) is 0.813. The lowest BCUT2D eigenvalue weighted by Crippen LogP contribution is -2.20. The molecule has 0 aliphatic heterocycles. The van der Waals surface area contributed by atoms with E-state index >= 15 is 0 Å². The van der Waals surface area contributed by atoms with Crippen LogP contribution in [0.4, 0.5) is 22.0 Å². The van der Waals surface area contributed by atoms with Gasteiger partial charge in [-0.2, -0.15) is 17.6 Å². The molecule has 6 heteroatoms. The molecule has 1 aromatic rings. The molecule has 0 amide bonds. The molecule has 0 bridgehead atoms. The first kappa shape index (κ1) is 17.8. The van der Waals surface area contributed by atoms with Crippen molar-refractivity contribution in [3.05, 3.63) is 35.4 Å². The van der Waals surface area contributed by atoms with Crippen molar-refractivity contribution in [1.29, 1.82) is 0 Å². The summed E-state index contributed by atoms with van der Waals surface area (Å²) in [5.74, 6) is -2.68. The van der Waals surface area contributed by atoms with E-state index in [0.717, 1.165) is 31.7 Å². The molecule has 0 saturated carbocycles. The van der Waals surface area contributed by atoms with Gasteiger partial charge in [0.25, 0.3) is 0 Å². The number of allylic oxidation sites excluding steroid dienone is 2. The first-order valence-corrected chi connectivity index (χ1v) is 7.68. The summed E-state index contributed by atoms with van der Waals surface area (Å²) in [5, 5.41) is 0. The third-order valence-corrected chi connectivity index (χ3v) is 4.00. The van der Waals surface area contributed by atoms with Gasteiger partial charge in [-0.1, -0.05) is 25.8 Å². The van der Waals surface area contributed by atoms with E-state index in [9.17, 15) is 22.0 Å². The molecule has 0 fully saturated rings. The normalized spacial score (nSPS) is 18.7. The van der Waals surface area contributed by atoms with Crippen LogP contribution in [0.1, 0.15) is 44.6 Å². The number of hydrogen-bond acceptors (Lipinski definition) is 1. The van der Waals surface area contributed by atoms with E-state index in [2.05, 4.69) is 11.7 Å². The van der Waals surface area contributed by atoms with Crippen molar-refractivity contribution >= 4 is 5.57 Å². The Morgan fingerprint density at radius 1 is 1.17 bits per heavy atom. The third-order valence-electron chi connectivity index (χ3n) is 4.00. The van der Waals surface area contributed by atoms with Crippen LogP contribution < -0.4 is 4.74 Å². The van der Waals surface area contributed by atoms with Gasteiger partial charge in [0.05, 0.1) is 0 Å². The minimum atomic E-state index is -4.60. The van der Waals surface area contributed by atoms with Crippen molar-refractivity contribution in [2.45, 2.75) is 45.2 Å². The maximum atomic E-state index is 14.1. The Morgan fingerprint density at radius 3 is 2.48 bits per heavy atom. The van der Waals surface area contributed by atoms with Gasteiger partial charge in [-0.05, 0) is 42.9 Å². The first-order chi connectivity index (χ1) is 10.8. The highest BCUT2D eigenvalue weighted by molar-refractivity contribution is 5.67. The standard InChI is InChI=1S/C17H19F5O/c1-2-3-11-4-6-12(7-5-11)13-8-9-14(16(19)15(13)18)23-10-17(20,21)22/h6,8-9,11H,2-5,7,10H2,1H3. The van der Waals surface area contributed by atoms with Crippen LogP contribution in [-0.4, -0.2) is 12.8 Å². The number of ether oxygens (including phenoxy) is 1. The molecule has 1 aliphatic rings. The zero-order valence-electron chi connectivity index (χ0n) is 12.9. The van der Waals surface area contributed by atoms with E-state index < -0.39 is 30.2 Å². The monoisotopic (exact) mass is 334 g/mol. The van der Waals surface area contributed by atoms with Crippen LogP contribution in [0.5, 0.6) is 5.75 Å². The summed E-state index contributed by atoms with van der Waals surface area (Å²) in [4.78, 5) is 0. The van der Waals surface area contributed by atoms with E-state index in [1.165, 1.54) is 6.07 Å². The van der Waals surface area contributed by atoms with Crippen LogP contribution in [0.2, 0.25) is 0 Å². The van der Waals surface area contributed by atoms with E-state index in [1.807, 2.05) is 6.08 Å². The minimum Gasteiger partial charge on any atom is -0.481 e. The van der Waals surface area contributed by atoms with E-state index in [-0.39, 0.29) is 5.56 Å². The van der Waals surface area contributed by atoms with Crippen LogP contribution >= 0.6 is 0 Å². The van der Waals surface area contributed by atoms with E-state index in [0.29, 0.717) is 17.9 Å². The minimum absolute atomic E-state index is 0.108. The van der Waals surface area contributed by atoms with Gasteiger partial charge in [-0.3, -0.25) is 0 Å². The highest BCUT2D eigenvalue weighted by atomic mass is 19.4. The van der Waals surface area contributed by atoms with Crippen molar-refractivity contribution in [1.82, 2.24) is 0 Å². The Bertz CT molecular complexity index is 577. The average Bonchev–Trinajstić information content (AvgIpc) is 2.49.